The highest BCUT2D eigenvalue weighted by atomic mass is 32.2. The van der Waals surface area contributed by atoms with Crippen LogP contribution in [0, 0.1) is 11.6 Å². The Labute approximate surface area is 151 Å². The molecule has 2 aromatic carbocycles. The van der Waals surface area contributed by atoms with E-state index in [-0.39, 0.29) is 21.7 Å². The molecule has 0 amide bonds. The van der Waals surface area contributed by atoms with Crippen LogP contribution < -0.4 is 10.6 Å². The molecule has 1 atom stereocenters. The maximum absolute atomic E-state index is 13.7. The van der Waals surface area contributed by atoms with E-state index < -0.39 is 21.5 Å². The minimum Gasteiger partial charge on any atom is -0.356 e. The molecule has 0 aliphatic rings. The fraction of sp³-hybridized carbons (Fsp3) is 0.235. The van der Waals surface area contributed by atoms with Gasteiger partial charge in [0.25, 0.3) is 0 Å². The highest BCUT2D eigenvalue weighted by Gasteiger charge is 2.15. The number of benzene rings is 2. The molecule has 2 rings (SSSR count). The van der Waals surface area contributed by atoms with Crippen molar-refractivity contribution >= 4 is 32.9 Å². The van der Waals surface area contributed by atoms with Crippen LogP contribution in [0.2, 0.25) is 0 Å². The third-order valence-electron chi connectivity index (χ3n) is 3.63. The van der Waals surface area contributed by atoms with Crippen LogP contribution in [0.3, 0.4) is 0 Å². The molecule has 1 unspecified atom stereocenters. The SMILES string of the molecule is CCC(NC(=S)Nc1c(F)cccc1F)c1ccc(S(C)(=O)=O)cc1. The first-order valence-electron chi connectivity index (χ1n) is 7.54. The van der Waals surface area contributed by atoms with Crippen molar-refractivity contribution in [1.82, 2.24) is 5.32 Å². The maximum atomic E-state index is 13.7. The number of para-hydroxylation sites is 1. The van der Waals surface area contributed by atoms with Crippen LogP contribution >= 0.6 is 12.2 Å². The van der Waals surface area contributed by atoms with Crippen molar-refractivity contribution in [2.45, 2.75) is 24.3 Å². The van der Waals surface area contributed by atoms with Crippen molar-refractivity contribution in [2.75, 3.05) is 11.6 Å². The fourth-order valence-electron chi connectivity index (χ4n) is 2.29. The number of rotatable bonds is 5. The second kappa shape index (κ2) is 7.88. The van der Waals surface area contributed by atoms with Crippen molar-refractivity contribution < 1.29 is 17.2 Å². The average Bonchev–Trinajstić information content (AvgIpc) is 2.55. The fourth-order valence-corrected chi connectivity index (χ4v) is 3.17. The summed E-state index contributed by atoms with van der Waals surface area (Å²) in [4.78, 5) is 0.222. The van der Waals surface area contributed by atoms with Crippen LogP contribution in [0.15, 0.2) is 47.4 Å². The molecule has 0 aromatic heterocycles. The molecule has 0 radical (unpaired) electrons. The van der Waals surface area contributed by atoms with E-state index in [2.05, 4.69) is 10.6 Å². The first-order chi connectivity index (χ1) is 11.7. The Morgan fingerprint density at radius 1 is 1.12 bits per heavy atom. The van der Waals surface area contributed by atoms with Crippen LogP contribution in [0.5, 0.6) is 0 Å². The average molecular weight is 384 g/mol. The Bertz CT molecular complexity index is 848. The molecule has 0 saturated heterocycles. The normalized spacial score (nSPS) is 12.5. The Hall–Kier alpha value is -2.06. The van der Waals surface area contributed by atoms with Gasteiger partial charge in [-0.05, 0) is 48.5 Å². The molecule has 0 aliphatic heterocycles. The number of halogens is 2. The van der Waals surface area contributed by atoms with Crippen LogP contribution in [-0.4, -0.2) is 19.8 Å². The van der Waals surface area contributed by atoms with Gasteiger partial charge >= 0.3 is 0 Å². The van der Waals surface area contributed by atoms with Crippen molar-refractivity contribution in [3.05, 3.63) is 59.7 Å². The largest absolute Gasteiger partial charge is 0.356 e. The summed E-state index contributed by atoms with van der Waals surface area (Å²) in [5, 5.41) is 5.58. The zero-order chi connectivity index (χ0) is 18.6. The predicted octanol–water partition coefficient (Wildman–Crippen LogP) is 3.81. The predicted molar refractivity (Wildman–Crippen MR) is 98.3 cm³/mol. The standard InChI is InChI=1S/C17H18F2N2O2S2/c1-3-15(11-7-9-12(10-8-11)25(2,22)23)20-17(24)21-16-13(18)5-4-6-14(16)19/h4-10,15H,3H2,1-2H3,(H2,20,21,24). The number of hydrogen-bond donors (Lipinski definition) is 2. The summed E-state index contributed by atoms with van der Waals surface area (Å²) in [5.74, 6) is -1.48. The molecule has 0 bridgehead atoms. The maximum Gasteiger partial charge on any atom is 0.175 e. The van der Waals surface area contributed by atoms with Crippen molar-refractivity contribution in [3.63, 3.8) is 0 Å². The van der Waals surface area contributed by atoms with Crippen LogP contribution in [0.1, 0.15) is 24.9 Å². The van der Waals surface area contributed by atoms with Crippen LogP contribution in [-0.2, 0) is 9.84 Å². The lowest BCUT2D eigenvalue weighted by atomic mass is 10.1. The first-order valence-corrected chi connectivity index (χ1v) is 9.84. The van der Waals surface area contributed by atoms with Crippen molar-refractivity contribution in [3.8, 4) is 0 Å². The summed E-state index contributed by atoms with van der Waals surface area (Å²) in [6.45, 7) is 1.91. The van der Waals surface area contributed by atoms with Gasteiger partial charge in [-0.2, -0.15) is 0 Å². The lowest BCUT2D eigenvalue weighted by Gasteiger charge is -2.20. The highest BCUT2D eigenvalue weighted by Crippen LogP contribution is 2.21. The van der Waals surface area contributed by atoms with E-state index >= 15 is 0 Å². The number of sulfone groups is 1. The van der Waals surface area contributed by atoms with E-state index in [9.17, 15) is 17.2 Å². The van der Waals surface area contributed by atoms with Crippen LogP contribution in [0.4, 0.5) is 14.5 Å². The molecule has 25 heavy (non-hydrogen) atoms. The lowest BCUT2D eigenvalue weighted by molar-refractivity contribution is 0.589. The van der Waals surface area contributed by atoms with Gasteiger partial charge in [0.2, 0.25) is 0 Å². The molecular formula is C17H18F2N2O2S2. The van der Waals surface area contributed by atoms with Gasteiger partial charge in [-0.25, -0.2) is 17.2 Å². The quantitative estimate of drug-likeness (QED) is 0.768. The molecule has 4 nitrogen and oxygen atoms in total. The van der Waals surface area contributed by atoms with Gasteiger partial charge in [0.05, 0.1) is 10.9 Å². The minimum absolute atomic E-state index is 0.0723. The van der Waals surface area contributed by atoms with Gasteiger partial charge in [-0.15, -0.1) is 0 Å². The lowest BCUT2D eigenvalue weighted by Crippen LogP contribution is -2.32. The van der Waals surface area contributed by atoms with Crippen molar-refractivity contribution in [1.29, 1.82) is 0 Å². The second-order valence-electron chi connectivity index (χ2n) is 5.50. The summed E-state index contributed by atoms with van der Waals surface area (Å²) < 4.78 is 50.3. The molecule has 0 fully saturated rings. The van der Waals surface area contributed by atoms with Gasteiger partial charge < -0.3 is 10.6 Å². The van der Waals surface area contributed by atoms with Gasteiger partial charge in [0.1, 0.15) is 17.3 Å². The Morgan fingerprint density at radius 3 is 2.16 bits per heavy atom. The summed E-state index contributed by atoms with van der Waals surface area (Å²) in [7, 11) is -3.27. The van der Waals surface area contributed by atoms with E-state index in [0.29, 0.717) is 6.42 Å². The summed E-state index contributed by atoms with van der Waals surface area (Å²) in [5.41, 5.74) is 0.496. The number of nitrogens with one attached hydrogen (secondary N) is 2. The Kier molecular flexibility index (Phi) is 6.07. The smallest absolute Gasteiger partial charge is 0.175 e. The Morgan fingerprint density at radius 2 is 1.68 bits per heavy atom. The Balaban J connectivity index is 2.12. The summed E-state index contributed by atoms with van der Waals surface area (Å²) in [6.07, 6.45) is 1.78. The van der Waals surface area contributed by atoms with E-state index in [0.717, 1.165) is 24.0 Å². The molecular weight excluding hydrogens is 366 g/mol. The molecule has 8 heteroatoms. The molecule has 134 valence electrons. The molecule has 2 N–H and O–H groups in total. The minimum atomic E-state index is -3.27. The summed E-state index contributed by atoms with van der Waals surface area (Å²) in [6, 6.07) is 9.70. The molecule has 0 saturated carbocycles. The zero-order valence-electron chi connectivity index (χ0n) is 13.7. The van der Waals surface area contributed by atoms with Crippen LogP contribution in [0.25, 0.3) is 0 Å². The summed E-state index contributed by atoms with van der Waals surface area (Å²) >= 11 is 5.13. The van der Waals surface area contributed by atoms with Gasteiger partial charge in [0.15, 0.2) is 14.9 Å². The third kappa shape index (κ3) is 4.96. The first kappa shape index (κ1) is 19.3. The molecule has 0 spiro atoms. The second-order valence-corrected chi connectivity index (χ2v) is 7.92. The zero-order valence-corrected chi connectivity index (χ0v) is 15.3. The third-order valence-corrected chi connectivity index (χ3v) is 4.97. The molecule has 0 heterocycles. The van der Waals surface area contributed by atoms with Gasteiger partial charge in [-0.1, -0.05) is 25.1 Å². The number of anilines is 1. The monoisotopic (exact) mass is 384 g/mol. The van der Waals surface area contributed by atoms with E-state index in [1.54, 1.807) is 12.1 Å². The van der Waals surface area contributed by atoms with E-state index in [4.69, 9.17) is 12.2 Å². The van der Waals surface area contributed by atoms with E-state index in [1.165, 1.54) is 18.2 Å². The van der Waals surface area contributed by atoms with Gasteiger partial charge in [0, 0.05) is 6.26 Å². The molecule has 0 aliphatic carbocycles. The van der Waals surface area contributed by atoms with Gasteiger partial charge in [-0.3, -0.25) is 0 Å². The number of thiocarbonyl (C=S) groups is 1. The van der Waals surface area contributed by atoms with Crippen molar-refractivity contribution in [2.24, 2.45) is 0 Å². The number of hydrogen-bond acceptors (Lipinski definition) is 3. The highest BCUT2D eigenvalue weighted by molar-refractivity contribution is 7.90. The van der Waals surface area contributed by atoms with E-state index in [1.807, 2.05) is 6.92 Å². The molecule has 2 aromatic rings. The topological polar surface area (TPSA) is 58.2 Å².